The van der Waals surface area contributed by atoms with Crippen LogP contribution >= 0.6 is 15.9 Å². The molecule has 1 aromatic rings. The quantitative estimate of drug-likeness (QED) is 0.274. The second kappa shape index (κ2) is 10.8. The number of nitrogens with two attached hydrogens (primary N) is 1. The van der Waals surface area contributed by atoms with Crippen LogP contribution in [-0.4, -0.2) is 68.4 Å². The first-order valence-electron chi connectivity index (χ1n) is 10.3. The number of piperidine rings is 1. The molecule has 0 amide bonds. The summed E-state index contributed by atoms with van der Waals surface area (Å²) in [5.41, 5.74) is 7.24. The fourth-order valence-corrected chi connectivity index (χ4v) is 4.67. The highest BCUT2D eigenvalue weighted by Gasteiger charge is 2.26. The summed E-state index contributed by atoms with van der Waals surface area (Å²) in [5.74, 6) is 6.70. The van der Waals surface area contributed by atoms with Gasteiger partial charge in [0.2, 0.25) is 10.0 Å². The van der Waals surface area contributed by atoms with E-state index in [4.69, 9.17) is 5.84 Å². The summed E-state index contributed by atoms with van der Waals surface area (Å²) in [7, 11) is -3.14. The minimum absolute atomic E-state index is 0.473. The van der Waals surface area contributed by atoms with Gasteiger partial charge in [0.15, 0.2) is 0 Å². The summed E-state index contributed by atoms with van der Waals surface area (Å²) in [6.45, 7) is 4.22. The maximum atomic E-state index is 11.3. The third-order valence-corrected chi connectivity index (χ3v) is 6.74. The molecular weight excluding hydrogens is 470 g/mol. The van der Waals surface area contributed by atoms with Crippen LogP contribution in [0.3, 0.4) is 0 Å². The number of hydrogen-bond acceptors (Lipinski definition) is 8. The van der Waals surface area contributed by atoms with E-state index in [9.17, 15) is 8.42 Å². The highest BCUT2D eigenvalue weighted by molar-refractivity contribution is 9.10. The fourth-order valence-electron chi connectivity index (χ4n) is 3.89. The largest absolute Gasteiger partial charge is 0.356 e. The first-order valence-corrected chi connectivity index (χ1v) is 12.9. The van der Waals surface area contributed by atoms with Crippen molar-refractivity contribution in [3.63, 3.8) is 0 Å². The topological polar surface area (TPSA) is 106 Å². The molecule has 0 unspecified atom stereocenters. The molecule has 0 atom stereocenters. The molecule has 0 aliphatic carbocycles. The van der Waals surface area contributed by atoms with E-state index in [1.165, 1.54) is 16.9 Å². The molecule has 9 nitrogen and oxygen atoms in total. The summed E-state index contributed by atoms with van der Waals surface area (Å²) in [5, 5.41) is 1.42. The molecule has 1 fully saturated rings. The van der Waals surface area contributed by atoms with Crippen LogP contribution in [0.4, 0.5) is 0 Å². The van der Waals surface area contributed by atoms with Gasteiger partial charge in [-0.3, -0.25) is 10.3 Å². The summed E-state index contributed by atoms with van der Waals surface area (Å²) in [4.78, 5) is 4.82. The molecule has 11 heteroatoms. The standard InChI is InChI=1S/C19H32BrN7O2S/c1-30(28,29)22-10-2-11-25(12-7-16-3-5-17(20)6-4-16)18-8-13-26(14-9-18)19-15-27(21)24-23-19/h3-6,15,18,22-24H,2,7-14,21H2,1H3. The van der Waals surface area contributed by atoms with Crippen molar-refractivity contribution < 1.29 is 8.42 Å². The number of benzene rings is 1. The van der Waals surface area contributed by atoms with Crippen molar-refractivity contribution in [1.82, 2.24) is 30.6 Å². The molecule has 2 heterocycles. The third-order valence-electron chi connectivity index (χ3n) is 5.48. The number of halogens is 1. The van der Waals surface area contributed by atoms with E-state index < -0.39 is 10.0 Å². The minimum atomic E-state index is -3.14. The Balaban J connectivity index is 1.54. The molecule has 5 N–H and O–H groups in total. The molecule has 0 saturated carbocycles. The Labute approximate surface area is 187 Å². The second-order valence-corrected chi connectivity index (χ2v) is 10.6. The molecule has 2 aliphatic heterocycles. The normalized spacial score (nSPS) is 18.1. The summed E-state index contributed by atoms with van der Waals surface area (Å²) in [6.07, 6.45) is 6.95. The Bertz CT molecular complexity index is 811. The first-order chi connectivity index (χ1) is 14.3. The SMILES string of the molecule is CS(=O)(=O)NCCCN(CCc1ccc(Br)cc1)C1CCN(C2=CN(N)NN2)CC1. The Kier molecular flexibility index (Phi) is 8.37. The van der Waals surface area contributed by atoms with Crippen LogP contribution in [0.15, 0.2) is 40.8 Å². The number of rotatable bonds is 10. The lowest BCUT2D eigenvalue weighted by molar-refractivity contribution is 0.120. The minimum Gasteiger partial charge on any atom is -0.356 e. The van der Waals surface area contributed by atoms with E-state index in [-0.39, 0.29) is 0 Å². The van der Waals surface area contributed by atoms with Crippen molar-refractivity contribution in [3.8, 4) is 0 Å². The number of nitrogens with zero attached hydrogens (tertiary/aromatic N) is 3. The highest BCUT2D eigenvalue weighted by Crippen LogP contribution is 2.21. The van der Waals surface area contributed by atoms with Gasteiger partial charge in [0.25, 0.3) is 0 Å². The molecule has 0 bridgehead atoms. The van der Waals surface area contributed by atoms with Crippen LogP contribution in [0.25, 0.3) is 0 Å². The smallest absolute Gasteiger partial charge is 0.208 e. The van der Waals surface area contributed by atoms with Gasteiger partial charge in [-0.15, -0.1) is 5.53 Å². The average molecular weight is 502 g/mol. The van der Waals surface area contributed by atoms with Gasteiger partial charge in [0.05, 0.1) is 12.5 Å². The van der Waals surface area contributed by atoms with Crippen LogP contribution in [-0.2, 0) is 16.4 Å². The van der Waals surface area contributed by atoms with Crippen LogP contribution in [0, 0.1) is 0 Å². The average Bonchev–Trinajstić information content (AvgIpc) is 3.14. The Morgan fingerprint density at radius 3 is 2.53 bits per heavy atom. The number of nitrogens with one attached hydrogen (secondary N) is 3. The highest BCUT2D eigenvalue weighted by atomic mass is 79.9. The van der Waals surface area contributed by atoms with Gasteiger partial charge in [-0.05, 0) is 49.9 Å². The molecule has 30 heavy (non-hydrogen) atoms. The predicted molar refractivity (Wildman–Crippen MR) is 122 cm³/mol. The molecule has 3 rings (SSSR count). The van der Waals surface area contributed by atoms with Gasteiger partial charge in [0.1, 0.15) is 5.82 Å². The maximum Gasteiger partial charge on any atom is 0.208 e. The predicted octanol–water partition coefficient (Wildman–Crippen LogP) is 0.695. The Hall–Kier alpha value is -1.37. The zero-order valence-electron chi connectivity index (χ0n) is 17.3. The zero-order chi connectivity index (χ0) is 21.6. The van der Waals surface area contributed by atoms with Gasteiger partial charge >= 0.3 is 0 Å². The molecule has 2 aliphatic rings. The summed E-state index contributed by atoms with van der Waals surface area (Å²) in [6, 6.07) is 8.94. The number of sulfonamides is 1. The lowest BCUT2D eigenvalue weighted by Crippen LogP contribution is -2.48. The molecule has 1 saturated heterocycles. The molecule has 168 valence electrons. The van der Waals surface area contributed by atoms with E-state index in [2.05, 4.69) is 65.7 Å². The number of hydrazine groups is 3. The lowest BCUT2D eigenvalue weighted by atomic mass is 10.0. The first kappa shape index (κ1) is 23.3. The van der Waals surface area contributed by atoms with Crippen molar-refractivity contribution in [2.24, 2.45) is 5.84 Å². The summed E-state index contributed by atoms with van der Waals surface area (Å²) >= 11 is 3.49. The van der Waals surface area contributed by atoms with Crippen molar-refractivity contribution in [3.05, 3.63) is 46.3 Å². The van der Waals surface area contributed by atoms with Crippen molar-refractivity contribution >= 4 is 26.0 Å². The molecule has 1 aromatic carbocycles. The van der Waals surface area contributed by atoms with Crippen molar-refractivity contribution in [2.45, 2.75) is 31.7 Å². The molecule has 0 radical (unpaired) electrons. The van der Waals surface area contributed by atoms with E-state index in [1.54, 1.807) is 0 Å². The van der Waals surface area contributed by atoms with Gasteiger partial charge in [-0.2, -0.15) is 0 Å². The van der Waals surface area contributed by atoms with Gasteiger partial charge in [-0.1, -0.05) is 28.1 Å². The zero-order valence-corrected chi connectivity index (χ0v) is 19.8. The molecular formula is C19H32BrN7O2S. The van der Waals surface area contributed by atoms with Crippen molar-refractivity contribution in [2.75, 3.05) is 39.0 Å². The Morgan fingerprint density at radius 1 is 1.23 bits per heavy atom. The third kappa shape index (κ3) is 7.40. The van der Waals surface area contributed by atoms with Gasteiger partial charge in [-0.25, -0.2) is 24.1 Å². The van der Waals surface area contributed by atoms with Crippen LogP contribution < -0.4 is 21.5 Å². The van der Waals surface area contributed by atoms with E-state index in [1.807, 2.05) is 6.20 Å². The van der Waals surface area contributed by atoms with Crippen LogP contribution in [0.2, 0.25) is 0 Å². The summed E-state index contributed by atoms with van der Waals surface area (Å²) < 4.78 is 26.4. The molecule has 0 spiro atoms. The van der Waals surface area contributed by atoms with E-state index in [0.29, 0.717) is 12.6 Å². The fraction of sp³-hybridized carbons (Fsp3) is 0.579. The molecule has 0 aromatic heterocycles. The van der Waals surface area contributed by atoms with E-state index >= 15 is 0 Å². The second-order valence-electron chi connectivity index (χ2n) is 7.81. The van der Waals surface area contributed by atoms with Gasteiger partial charge < -0.3 is 4.90 Å². The van der Waals surface area contributed by atoms with Crippen LogP contribution in [0.1, 0.15) is 24.8 Å². The monoisotopic (exact) mass is 501 g/mol. The Morgan fingerprint density at radius 2 is 1.93 bits per heavy atom. The van der Waals surface area contributed by atoms with E-state index in [0.717, 1.165) is 62.2 Å². The maximum absolute atomic E-state index is 11.3. The number of hydrogen-bond donors (Lipinski definition) is 4. The van der Waals surface area contributed by atoms with Crippen LogP contribution in [0.5, 0.6) is 0 Å². The van der Waals surface area contributed by atoms with Crippen molar-refractivity contribution in [1.29, 1.82) is 0 Å². The lowest BCUT2D eigenvalue weighted by Gasteiger charge is -2.39. The number of likely N-dealkylation sites (tertiary alicyclic amines) is 1. The van der Waals surface area contributed by atoms with Gasteiger partial charge in [0, 0.05) is 36.7 Å².